The predicted octanol–water partition coefficient (Wildman–Crippen LogP) is 5.54. The highest BCUT2D eigenvalue weighted by atomic mass is 79.9. The number of benzene rings is 1. The first-order valence-corrected chi connectivity index (χ1v) is 8.45. The Balaban J connectivity index is 2.18. The molecule has 1 aromatic carbocycles. The molecule has 0 saturated carbocycles. The molecule has 1 atom stereocenters. The van der Waals surface area contributed by atoms with Gasteiger partial charge in [-0.2, -0.15) is 0 Å². The van der Waals surface area contributed by atoms with E-state index < -0.39 is 5.79 Å². The standard InChI is InChI=1S/C18H27BrO2/c1-16(2,3)18(13-17(4,5)9-10-20-18)21-12-14-7-6-8-15(19)11-14/h6-8,11H,9-10,12-13H2,1-5H3. The summed E-state index contributed by atoms with van der Waals surface area (Å²) in [6.45, 7) is 12.6. The first kappa shape index (κ1) is 17.0. The molecular weight excluding hydrogens is 328 g/mol. The molecule has 3 heteroatoms. The fourth-order valence-corrected chi connectivity index (χ4v) is 3.33. The summed E-state index contributed by atoms with van der Waals surface area (Å²) in [5.74, 6) is -0.517. The lowest BCUT2D eigenvalue weighted by molar-refractivity contribution is -0.326. The molecule has 0 aliphatic carbocycles. The van der Waals surface area contributed by atoms with Crippen LogP contribution in [0.2, 0.25) is 0 Å². The van der Waals surface area contributed by atoms with Gasteiger partial charge < -0.3 is 9.47 Å². The maximum absolute atomic E-state index is 6.37. The summed E-state index contributed by atoms with van der Waals surface area (Å²) < 4.78 is 13.6. The van der Waals surface area contributed by atoms with E-state index in [2.05, 4.69) is 62.7 Å². The van der Waals surface area contributed by atoms with E-state index in [0.717, 1.165) is 23.9 Å². The van der Waals surface area contributed by atoms with Gasteiger partial charge in [-0.1, -0.05) is 62.7 Å². The van der Waals surface area contributed by atoms with Crippen LogP contribution in [0.5, 0.6) is 0 Å². The van der Waals surface area contributed by atoms with Crippen LogP contribution < -0.4 is 0 Å². The molecule has 1 aliphatic rings. The molecule has 1 saturated heterocycles. The molecule has 1 unspecified atom stereocenters. The molecule has 0 spiro atoms. The Bertz CT molecular complexity index is 490. The molecule has 1 aliphatic heterocycles. The SMILES string of the molecule is CC1(C)CCOC(OCc2cccc(Br)c2)(C(C)(C)C)C1. The van der Waals surface area contributed by atoms with Crippen molar-refractivity contribution < 1.29 is 9.47 Å². The molecule has 0 aromatic heterocycles. The number of hydrogen-bond acceptors (Lipinski definition) is 2. The lowest BCUT2D eigenvalue weighted by Gasteiger charge is -2.51. The Morgan fingerprint density at radius 3 is 2.57 bits per heavy atom. The summed E-state index contributed by atoms with van der Waals surface area (Å²) in [5.41, 5.74) is 1.36. The molecule has 1 heterocycles. The second-order valence-corrected chi connectivity index (χ2v) is 8.78. The second kappa shape index (κ2) is 6.02. The predicted molar refractivity (Wildman–Crippen MR) is 90.1 cm³/mol. The van der Waals surface area contributed by atoms with Gasteiger partial charge in [-0.25, -0.2) is 0 Å². The fraction of sp³-hybridized carbons (Fsp3) is 0.667. The average Bonchev–Trinajstić information content (AvgIpc) is 2.34. The van der Waals surface area contributed by atoms with Crippen LogP contribution in [0.3, 0.4) is 0 Å². The molecule has 0 N–H and O–H groups in total. The van der Waals surface area contributed by atoms with E-state index in [0.29, 0.717) is 6.61 Å². The lowest BCUT2D eigenvalue weighted by Crippen LogP contribution is -2.53. The molecule has 0 amide bonds. The van der Waals surface area contributed by atoms with Gasteiger partial charge >= 0.3 is 0 Å². The van der Waals surface area contributed by atoms with E-state index in [4.69, 9.17) is 9.47 Å². The Morgan fingerprint density at radius 2 is 2.00 bits per heavy atom. The van der Waals surface area contributed by atoms with Crippen LogP contribution in [0.15, 0.2) is 28.7 Å². The molecule has 1 fully saturated rings. The van der Waals surface area contributed by atoms with Crippen LogP contribution in [0.25, 0.3) is 0 Å². The van der Waals surface area contributed by atoms with Crippen LogP contribution >= 0.6 is 15.9 Å². The minimum Gasteiger partial charge on any atom is -0.349 e. The lowest BCUT2D eigenvalue weighted by atomic mass is 9.71. The van der Waals surface area contributed by atoms with Gasteiger partial charge in [0.25, 0.3) is 0 Å². The van der Waals surface area contributed by atoms with Crippen molar-refractivity contribution in [3.8, 4) is 0 Å². The van der Waals surface area contributed by atoms with E-state index in [1.807, 2.05) is 12.1 Å². The normalized spacial score (nSPS) is 25.8. The molecular formula is C18H27BrO2. The minimum absolute atomic E-state index is 0.0588. The van der Waals surface area contributed by atoms with Gasteiger partial charge in [0.2, 0.25) is 0 Å². The third-order valence-electron chi connectivity index (χ3n) is 4.33. The van der Waals surface area contributed by atoms with Gasteiger partial charge in [0.05, 0.1) is 13.2 Å². The first-order chi connectivity index (χ1) is 9.64. The van der Waals surface area contributed by atoms with E-state index in [1.54, 1.807) is 0 Å². The average molecular weight is 355 g/mol. The maximum Gasteiger partial charge on any atom is 0.173 e. The zero-order valence-corrected chi connectivity index (χ0v) is 15.4. The zero-order valence-electron chi connectivity index (χ0n) is 13.8. The minimum atomic E-state index is -0.517. The van der Waals surface area contributed by atoms with Gasteiger partial charge in [-0.15, -0.1) is 0 Å². The maximum atomic E-state index is 6.37. The van der Waals surface area contributed by atoms with Crippen molar-refractivity contribution in [1.82, 2.24) is 0 Å². The monoisotopic (exact) mass is 354 g/mol. The summed E-state index contributed by atoms with van der Waals surface area (Å²) in [6, 6.07) is 8.26. The van der Waals surface area contributed by atoms with Crippen molar-refractivity contribution in [2.75, 3.05) is 6.61 Å². The van der Waals surface area contributed by atoms with Crippen molar-refractivity contribution in [3.63, 3.8) is 0 Å². The quantitative estimate of drug-likeness (QED) is 0.708. The highest BCUT2D eigenvalue weighted by Crippen LogP contribution is 2.48. The second-order valence-electron chi connectivity index (χ2n) is 7.86. The number of ether oxygens (including phenoxy) is 2. The van der Waals surface area contributed by atoms with Gasteiger partial charge in [-0.05, 0) is 29.5 Å². The van der Waals surface area contributed by atoms with E-state index >= 15 is 0 Å². The first-order valence-electron chi connectivity index (χ1n) is 7.66. The van der Waals surface area contributed by atoms with Crippen LogP contribution in [-0.2, 0) is 16.1 Å². The smallest absolute Gasteiger partial charge is 0.173 e. The van der Waals surface area contributed by atoms with Gasteiger partial charge in [0.15, 0.2) is 5.79 Å². The van der Waals surface area contributed by atoms with Crippen molar-refractivity contribution in [1.29, 1.82) is 0 Å². The third kappa shape index (κ3) is 4.08. The zero-order chi connectivity index (χ0) is 15.7. The highest BCUT2D eigenvalue weighted by molar-refractivity contribution is 9.10. The molecule has 2 rings (SSSR count). The Hall–Kier alpha value is -0.380. The highest BCUT2D eigenvalue weighted by Gasteiger charge is 2.50. The van der Waals surface area contributed by atoms with Crippen molar-refractivity contribution in [3.05, 3.63) is 34.3 Å². The number of hydrogen-bond donors (Lipinski definition) is 0. The van der Waals surface area contributed by atoms with Crippen molar-refractivity contribution in [2.45, 2.75) is 59.9 Å². The van der Waals surface area contributed by atoms with Gasteiger partial charge in [-0.3, -0.25) is 0 Å². The summed E-state index contributed by atoms with van der Waals surface area (Å²) in [4.78, 5) is 0. The van der Waals surface area contributed by atoms with Gasteiger partial charge in [0.1, 0.15) is 0 Å². The molecule has 21 heavy (non-hydrogen) atoms. The summed E-state index contributed by atoms with van der Waals surface area (Å²) in [5, 5.41) is 0. The molecule has 118 valence electrons. The van der Waals surface area contributed by atoms with Crippen LogP contribution in [-0.4, -0.2) is 12.4 Å². The van der Waals surface area contributed by atoms with E-state index in [-0.39, 0.29) is 10.8 Å². The summed E-state index contributed by atoms with van der Waals surface area (Å²) in [6.07, 6.45) is 2.02. The Morgan fingerprint density at radius 1 is 1.29 bits per heavy atom. The summed E-state index contributed by atoms with van der Waals surface area (Å²) in [7, 11) is 0. The van der Waals surface area contributed by atoms with Crippen LogP contribution in [0.4, 0.5) is 0 Å². The largest absolute Gasteiger partial charge is 0.349 e. The van der Waals surface area contributed by atoms with E-state index in [9.17, 15) is 0 Å². The van der Waals surface area contributed by atoms with Crippen LogP contribution in [0, 0.1) is 10.8 Å². The molecule has 0 radical (unpaired) electrons. The van der Waals surface area contributed by atoms with E-state index in [1.165, 1.54) is 5.56 Å². The molecule has 2 nitrogen and oxygen atoms in total. The topological polar surface area (TPSA) is 18.5 Å². The fourth-order valence-electron chi connectivity index (χ4n) is 2.88. The third-order valence-corrected chi connectivity index (χ3v) is 4.82. The molecule has 1 aromatic rings. The summed E-state index contributed by atoms with van der Waals surface area (Å²) >= 11 is 3.51. The number of rotatable bonds is 3. The van der Waals surface area contributed by atoms with Gasteiger partial charge in [0, 0.05) is 16.3 Å². The van der Waals surface area contributed by atoms with Crippen molar-refractivity contribution >= 4 is 15.9 Å². The van der Waals surface area contributed by atoms with Crippen molar-refractivity contribution in [2.24, 2.45) is 10.8 Å². The number of halogens is 1. The Kier molecular flexibility index (Phi) is 4.87. The Labute approximate surface area is 137 Å². The molecule has 0 bridgehead atoms. The van der Waals surface area contributed by atoms with Crippen LogP contribution in [0.1, 0.15) is 53.0 Å².